The summed E-state index contributed by atoms with van der Waals surface area (Å²) in [6, 6.07) is 5.95. The quantitative estimate of drug-likeness (QED) is 0.163. The summed E-state index contributed by atoms with van der Waals surface area (Å²) in [6.07, 6.45) is 6.33. The van der Waals surface area contributed by atoms with E-state index in [0.717, 1.165) is 56.1 Å². The number of hydrogen-bond donors (Lipinski definition) is 3. The number of amides is 1. The zero-order chi connectivity index (χ0) is 23.4. The topological polar surface area (TPSA) is 105 Å². The van der Waals surface area contributed by atoms with E-state index in [0.29, 0.717) is 13.1 Å². The fourth-order valence-electron chi connectivity index (χ4n) is 3.20. The van der Waals surface area contributed by atoms with Crippen LogP contribution in [0.15, 0.2) is 29.4 Å². The Labute approximate surface area is 214 Å². The Bertz CT molecular complexity index is 864. The van der Waals surface area contributed by atoms with E-state index in [1.54, 1.807) is 0 Å². The maximum absolute atomic E-state index is 12.0. The molecule has 0 bridgehead atoms. The smallest absolute Gasteiger partial charge is 0.407 e. The number of carbonyl (C=O) groups is 1. The van der Waals surface area contributed by atoms with Crippen LogP contribution in [0.3, 0.4) is 0 Å². The molecule has 0 spiro atoms. The van der Waals surface area contributed by atoms with Gasteiger partial charge in [-0.1, -0.05) is 25.8 Å². The van der Waals surface area contributed by atoms with Crippen molar-refractivity contribution in [2.24, 2.45) is 4.99 Å². The lowest BCUT2D eigenvalue weighted by Crippen LogP contribution is -2.49. The predicted molar refractivity (Wildman–Crippen MR) is 143 cm³/mol. The van der Waals surface area contributed by atoms with E-state index in [9.17, 15) is 4.79 Å². The van der Waals surface area contributed by atoms with Crippen molar-refractivity contribution >= 4 is 41.7 Å². The number of aliphatic imine (C=N–C) groups is 1. The first-order chi connectivity index (χ1) is 15.3. The first kappa shape index (κ1) is 28.9. The second-order valence-corrected chi connectivity index (χ2v) is 8.78. The molecule has 0 aliphatic rings. The zero-order valence-corrected chi connectivity index (χ0v) is 22.9. The summed E-state index contributed by atoms with van der Waals surface area (Å²) in [6.45, 7) is 11.7. The van der Waals surface area contributed by atoms with E-state index >= 15 is 0 Å². The molecule has 2 aromatic heterocycles. The van der Waals surface area contributed by atoms with Crippen molar-refractivity contribution in [2.75, 3.05) is 19.6 Å². The molecule has 0 radical (unpaired) electrons. The van der Waals surface area contributed by atoms with Crippen LogP contribution in [0.1, 0.15) is 66.1 Å². The van der Waals surface area contributed by atoms with E-state index < -0.39 is 11.7 Å². The van der Waals surface area contributed by atoms with Crippen molar-refractivity contribution in [3.05, 3.63) is 30.2 Å². The number of fused-ring (bicyclic) bond motifs is 1. The largest absolute Gasteiger partial charge is 0.444 e. The van der Waals surface area contributed by atoms with Gasteiger partial charge in [-0.05, 0) is 52.7 Å². The Morgan fingerprint density at radius 2 is 1.97 bits per heavy atom. The van der Waals surface area contributed by atoms with Gasteiger partial charge >= 0.3 is 6.09 Å². The van der Waals surface area contributed by atoms with Crippen molar-refractivity contribution < 1.29 is 9.53 Å². The van der Waals surface area contributed by atoms with E-state index in [2.05, 4.69) is 33.1 Å². The first-order valence-electron chi connectivity index (χ1n) is 11.6. The Kier molecular flexibility index (Phi) is 13.1. The Balaban J connectivity index is 0.00000544. The highest BCUT2D eigenvalue weighted by molar-refractivity contribution is 14.0. The molecule has 0 saturated carbocycles. The average Bonchev–Trinajstić information content (AvgIpc) is 3.15. The molecule has 33 heavy (non-hydrogen) atoms. The molecule has 2 heterocycles. The molecule has 1 unspecified atom stereocenters. The number of rotatable bonds is 11. The van der Waals surface area contributed by atoms with Crippen LogP contribution in [0, 0.1) is 0 Å². The summed E-state index contributed by atoms with van der Waals surface area (Å²) in [4.78, 5) is 16.8. The molecular formula is C23H40IN7O2. The van der Waals surface area contributed by atoms with Gasteiger partial charge in [0, 0.05) is 38.3 Å². The van der Waals surface area contributed by atoms with E-state index in [1.165, 1.54) is 0 Å². The molecule has 9 nitrogen and oxygen atoms in total. The lowest BCUT2D eigenvalue weighted by Gasteiger charge is -2.24. The van der Waals surface area contributed by atoms with Gasteiger partial charge in [0.05, 0.1) is 0 Å². The molecule has 2 aromatic rings. The number of aryl methyl sites for hydroxylation is 1. The Morgan fingerprint density at radius 3 is 2.67 bits per heavy atom. The van der Waals surface area contributed by atoms with Crippen LogP contribution in [0.5, 0.6) is 0 Å². The third-order valence-corrected chi connectivity index (χ3v) is 4.70. The third kappa shape index (κ3) is 11.0. The molecule has 186 valence electrons. The lowest BCUT2D eigenvalue weighted by molar-refractivity contribution is 0.0522. The van der Waals surface area contributed by atoms with Gasteiger partial charge in [-0.3, -0.25) is 9.39 Å². The highest BCUT2D eigenvalue weighted by Crippen LogP contribution is 2.07. The molecule has 2 rings (SSSR count). The summed E-state index contributed by atoms with van der Waals surface area (Å²) in [5.74, 6) is 1.70. The minimum atomic E-state index is -0.511. The fraction of sp³-hybridized carbons (Fsp3) is 0.652. The molecule has 1 amide bonds. The fourth-order valence-corrected chi connectivity index (χ4v) is 3.20. The number of guanidine groups is 1. The number of nitrogens with one attached hydrogen (secondary N) is 3. The van der Waals surface area contributed by atoms with Crippen LogP contribution in [-0.4, -0.2) is 57.9 Å². The number of nitrogens with zero attached hydrogens (tertiary/aromatic N) is 4. The van der Waals surface area contributed by atoms with Gasteiger partial charge in [0.1, 0.15) is 11.4 Å². The highest BCUT2D eigenvalue weighted by atomic mass is 127. The second kappa shape index (κ2) is 14.9. The number of pyridine rings is 1. The van der Waals surface area contributed by atoms with Gasteiger partial charge in [-0.15, -0.1) is 34.2 Å². The maximum Gasteiger partial charge on any atom is 0.407 e. The van der Waals surface area contributed by atoms with Crippen LogP contribution >= 0.6 is 24.0 Å². The van der Waals surface area contributed by atoms with Crippen LogP contribution in [0.2, 0.25) is 0 Å². The predicted octanol–water partition coefficient (Wildman–Crippen LogP) is 3.92. The number of ether oxygens (including phenoxy) is 1. The van der Waals surface area contributed by atoms with Gasteiger partial charge in [0.25, 0.3) is 0 Å². The van der Waals surface area contributed by atoms with Crippen molar-refractivity contribution in [1.29, 1.82) is 0 Å². The van der Waals surface area contributed by atoms with Crippen LogP contribution in [0.4, 0.5) is 4.79 Å². The summed E-state index contributed by atoms with van der Waals surface area (Å²) >= 11 is 0. The molecule has 0 aliphatic heterocycles. The minimum Gasteiger partial charge on any atom is -0.444 e. The molecule has 10 heteroatoms. The number of carbonyl (C=O) groups excluding carboxylic acids is 1. The van der Waals surface area contributed by atoms with Gasteiger partial charge in [-0.2, -0.15) is 0 Å². The average molecular weight is 574 g/mol. The van der Waals surface area contributed by atoms with E-state index in [-0.39, 0.29) is 30.0 Å². The highest BCUT2D eigenvalue weighted by Gasteiger charge is 2.18. The summed E-state index contributed by atoms with van der Waals surface area (Å²) < 4.78 is 7.36. The zero-order valence-electron chi connectivity index (χ0n) is 20.6. The number of unbranched alkanes of at least 4 members (excludes halogenated alkanes) is 1. The molecule has 0 saturated heterocycles. The van der Waals surface area contributed by atoms with Gasteiger partial charge < -0.3 is 20.7 Å². The van der Waals surface area contributed by atoms with Gasteiger partial charge in [-0.25, -0.2) is 4.79 Å². The van der Waals surface area contributed by atoms with Crippen LogP contribution < -0.4 is 16.0 Å². The first-order valence-corrected chi connectivity index (χ1v) is 11.6. The van der Waals surface area contributed by atoms with E-state index in [4.69, 9.17) is 9.73 Å². The van der Waals surface area contributed by atoms with E-state index in [1.807, 2.05) is 56.5 Å². The molecule has 0 fully saturated rings. The Hall–Kier alpha value is -2.11. The molecular weight excluding hydrogens is 533 g/mol. The summed E-state index contributed by atoms with van der Waals surface area (Å²) in [7, 11) is 0. The van der Waals surface area contributed by atoms with Crippen LogP contribution in [0.25, 0.3) is 5.65 Å². The van der Waals surface area contributed by atoms with Crippen molar-refractivity contribution in [3.8, 4) is 0 Å². The SMILES string of the molecule is CCCCC(CNC(=O)OC(C)(C)C)NC(=NCCCc1nnc2ccccn12)NCC.I. The Morgan fingerprint density at radius 1 is 1.18 bits per heavy atom. The summed E-state index contributed by atoms with van der Waals surface area (Å²) in [5, 5.41) is 18.1. The lowest BCUT2D eigenvalue weighted by atomic mass is 10.1. The number of halogens is 1. The van der Waals surface area contributed by atoms with Crippen molar-refractivity contribution in [3.63, 3.8) is 0 Å². The monoisotopic (exact) mass is 573 g/mol. The number of alkyl carbamates (subject to hydrolysis) is 1. The van der Waals surface area contributed by atoms with Crippen molar-refractivity contribution in [2.45, 2.75) is 78.4 Å². The number of aromatic nitrogens is 3. The molecule has 0 aliphatic carbocycles. The molecule has 1 atom stereocenters. The van der Waals surface area contributed by atoms with Gasteiger partial charge in [0.15, 0.2) is 11.6 Å². The normalized spacial score (nSPS) is 12.7. The molecule has 3 N–H and O–H groups in total. The maximum atomic E-state index is 12.0. The third-order valence-electron chi connectivity index (χ3n) is 4.70. The van der Waals surface area contributed by atoms with Crippen molar-refractivity contribution in [1.82, 2.24) is 30.5 Å². The minimum absolute atomic E-state index is 0. The van der Waals surface area contributed by atoms with Crippen LogP contribution in [-0.2, 0) is 11.2 Å². The second-order valence-electron chi connectivity index (χ2n) is 8.78. The summed E-state index contributed by atoms with van der Waals surface area (Å²) in [5.41, 5.74) is 0.347. The number of hydrogen-bond acceptors (Lipinski definition) is 5. The standard InChI is InChI=1S/C23H39N7O2.HI/c1-6-8-12-18(17-26-22(31)32-23(3,4)5)27-21(24-7-2)25-15-11-14-20-29-28-19-13-9-10-16-30(19)20;/h9-10,13,16,18H,6-8,11-12,14-15,17H2,1-5H3,(H,26,31)(H2,24,25,27);1H. The van der Waals surface area contributed by atoms with Gasteiger partial charge in [0.2, 0.25) is 0 Å². The molecule has 0 aromatic carbocycles.